The summed E-state index contributed by atoms with van der Waals surface area (Å²) in [6, 6.07) is -0.647. The number of aromatic nitrogens is 3. The Morgan fingerprint density at radius 1 is 1.12 bits per heavy atom. The lowest BCUT2D eigenvalue weighted by atomic mass is 9.86. The van der Waals surface area contributed by atoms with Gasteiger partial charge >= 0.3 is 0 Å². The average Bonchev–Trinajstić information content (AvgIpc) is 2.95. The molecule has 2 aliphatic rings. The van der Waals surface area contributed by atoms with Gasteiger partial charge in [-0.3, -0.25) is 9.59 Å². The second kappa shape index (κ2) is 6.91. The molecule has 1 atom stereocenters. The van der Waals surface area contributed by atoms with Gasteiger partial charge in [-0.2, -0.15) is 0 Å². The van der Waals surface area contributed by atoms with Gasteiger partial charge in [0, 0.05) is 33.6 Å². The highest BCUT2D eigenvalue weighted by atomic mass is 16.2. The van der Waals surface area contributed by atoms with Crippen LogP contribution in [0.25, 0.3) is 0 Å². The van der Waals surface area contributed by atoms with Crippen LogP contribution in [0.15, 0.2) is 0 Å². The van der Waals surface area contributed by atoms with E-state index < -0.39 is 6.04 Å². The smallest absolute Gasteiger partial charge is 0.252 e. The maximum Gasteiger partial charge on any atom is 0.252 e. The molecule has 1 aliphatic heterocycles. The zero-order valence-corrected chi connectivity index (χ0v) is 14.9. The molecule has 1 aliphatic carbocycles. The Morgan fingerprint density at radius 3 is 2.50 bits per heavy atom. The van der Waals surface area contributed by atoms with E-state index in [9.17, 15) is 9.59 Å². The summed E-state index contributed by atoms with van der Waals surface area (Å²) < 4.78 is 1.95. The molecule has 0 aromatic carbocycles. The average molecular weight is 333 g/mol. The molecule has 1 unspecified atom stereocenters. The first-order chi connectivity index (χ1) is 11.5. The van der Waals surface area contributed by atoms with Crippen molar-refractivity contribution in [3.05, 3.63) is 11.6 Å². The molecule has 1 saturated carbocycles. The summed E-state index contributed by atoms with van der Waals surface area (Å²) in [5.41, 5.74) is 0. The highest BCUT2D eigenvalue weighted by molar-refractivity contribution is 5.88. The van der Waals surface area contributed by atoms with Gasteiger partial charge in [0.1, 0.15) is 5.82 Å². The standard InChI is InChI=1S/C17H27N5O2/c1-12-18-19-16-15(17(24)20(2)3)22(10-9-21(12)16)14(23)11-13-7-5-4-6-8-13/h13,15H,4-11H2,1-3H3. The van der Waals surface area contributed by atoms with E-state index in [0.29, 0.717) is 31.3 Å². The van der Waals surface area contributed by atoms with E-state index in [0.717, 1.165) is 18.7 Å². The SMILES string of the molecule is Cc1nnc2n1CCN(C(=O)CC1CCCCC1)C2C(=O)N(C)C. The van der Waals surface area contributed by atoms with Crippen LogP contribution in [0.3, 0.4) is 0 Å². The van der Waals surface area contributed by atoms with Crippen molar-refractivity contribution in [1.82, 2.24) is 24.6 Å². The molecular weight excluding hydrogens is 306 g/mol. The number of nitrogens with zero attached hydrogens (tertiary/aromatic N) is 5. The Morgan fingerprint density at radius 2 is 1.83 bits per heavy atom. The first kappa shape index (κ1) is 16.9. The quantitative estimate of drug-likeness (QED) is 0.841. The van der Waals surface area contributed by atoms with Gasteiger partial charge < -0.3 is 14.4 Å². The van der Waals surface area contributed by atoms with E-state index in [1.165, 1.54) is 24.2 Å². The molecule has 1 aromatic rings. The molecule has 2 heterocycles. The van der Waals surface area contributed by atoms with Crippen LogP contribution in [0, 0.1) is 12.8 Å². The fourth-order valence-corrected chi connectivity index (χ4v) is 3.86. The molecule has 0 radical (unpaired) electrons. The summed E-state index contributed by atoms with van der Waals surface area (Å²) in [6.07, 6.45) is 6.50. The van der Waals surface area contributed by atoms with E-state index in [1.807, 2.05) is 11.5 Å². The molecule has 1 aromatic heterocycles. The fraction of sp³-hybridized carbons (Fsp3) is 0.765. The lowest BCUT2D eigenvalue weighted by molar-refractivity contribution is -0.147. The van der Waals surface area contributed by atoms with E-state index in [2.05, 4.69) is 10.2 Å². The number of fused-ring (bicyclic) bond motifs is 1. The minimum absolute atomic E-state index is 0.0778. The second-order valence-corrected chi connectivity index (χ2v) is 7.19. The molecule has 0 spiro atoms. The Kier molecular flexibility index (Phi) is 4.87. The maximum absolute atomic E-state index is 12.9. The lowest BCUT2D eigenvalue weighted by Gasteiger charge is -2.37. The van der Waals surface area contributed by atoms with E-state index in [1.54, 1.807) is 19.0 Å². The summed E-state index contributed by atoms with van der Waals surface area (Å²) in [5, 5.41) is 8.30. The second-order valence-electron chi connectivity index (χ2n) is 7.19. The number of rotatable bonds is 3. The normalized spacial score (nSPS) is 21.5. The third-order valence-electron chi connectivity index (χ3n) is 5.27. The summed E-state index contributed by atoms with van der Waals surface area (Å²) in [4.78, 5) is 28.9. The van der Waals surface area contributed by atoms with Gasteiger partial charge in [0.15, 0.2) is 11.9 Å². The Labute approximate surface area is 143 Å². The van der Waals surface area contributed by atoms with Gasteiger partial charge in [-0.15, -0.1) is 10.2 Å². The number of carbonyl (C=O) groups is 2. The van der Waals surface area contributed by atoms with Crippen molar-refractivity contribution in [2.24, 2.45) is 5.92 Å². The monoisotopic (exact) mass is 333 g/mol. The van der Waals surface area contributed by atoms with Crippen LogP contribution in [-0.2, 0) is 16.1 Å². The summed E-state index contributed by atoms with van der Waals surface area (Å²) in [5.74, 6) is 1.81. The predicted octanol–water partition coefficient (Wildman–Crippen LogP) is 1.53. The van der Waals surface area contributed by atoms with Crippen molar-refractivity contribution in [1.29, 1.82) is 0 Å². The summed E-state index contributed by atoms with van der Waals surface area (Å²) >= 11 is 0. The Bertz CT molecular complexity index is 618. The number of hydrogen-bond donors (Lipinski definition) is 0. The molecular formula is C17H27N5O2. The van der Waals surface area contributed by atoms with Crippen LogP contribution >= 0.6 is 0 Å². The summed E-state index contributed by atoms with van der Waals surface area (Å²) in [6.45, 7) is 3.08. The van der Waals surface area contributed by atoms with Crippen LogP contribution in [0.4, 0.5) is 0 Å². The van der Waals surface area contributed by atoms with Crippen molar-refractivity contribution in [2.45, 2.75) is 58.0 Å². The molecule has 24 heavy (non-hydrogen) atoms. The topological polar surface area (TPSA) is 71.3 Å². The number of likely N-dealkylation sites (N-methyl/N-ethyl adjacent to an activating group) is 1. The number of amides is 2. The molecule has 7 heteroatoms. The Balaban J connectivity index is 1.82. The Hall–Kier alpha value is -1.92. The fourth-order valence-electron chi connectivity index (χ4n) is 3.86. The molecule has 132 valence electrons. The van der Waals surface area contributed by atoms with Crippen molar-refractivity contribution in [2.75, 3.05) is 20.6 Å². The highest BCUT2D eigenvalue weighted by Gasteiger charge is 2.39. The van der Waals surface area contributed by atoms with Crippen LogP contribution < -0.4 is 0 Å². The molecule has 0 saturated heterocycles. The molecule has 1 fully saturated rings. The molecule has 0 bridgehead atoms. The van der Waals surface area contributed by atoms with Gasteiger partial charge in [-0.25, -0.2) is 0 Å². The van der Waals surface area contributed by atoms with Crippen molar-refractivity contribution in [3.63, 3.8) is 0 Å². The third-order valence-corrected chi connectivity index (χ3v) is 5.27. The largest absolute Gasteiger partial charge is 0.347 e. The van der Waals surface area contributed by atoms with Crippen LogP contribution in [0.5, 0.6) is 0 Å². The molecule has 3 rings (SSSR count). The summed E-state index contributed by atoms with van der Waals surface area (Å²) in [7, 11) is 3.43. The van der Waals surface area contributed by atoms with Gasteiger partial charge in [0.2, 0.25) is 5.91 Å². The van der Waals surface area contributed by atoms with E-state index in [-0.39, 0.29) is 11.8 Å². The number of carbonyl (C=O) groups excluding carboxylic acids is 2. The first-order valence-electron chi connectivity index (χ1n) is 8.89. The lowest BCUT2D eigenvalue weighted by Crippen LogP contribution is -2.49. The van der Waals surface area contributed by atoms with Gasteiger partial charge in [0.05, 0.1) is 0 Å². The number of hydrogen-bond acceptors (Lipinski definition) is 4. The van der Waals surface area contributed by atoms with Crippen molar-refractivity contribution >= 4 is 11.8 Å². The van der Waals surface area contributed by atoms with Crippen LogP contribution in [-0.4, -0.2) is 57.0 Å². The third kappa shape index (κ3) is 3.16. The van der Waals surface area contributed by atoms with E-state index >= 15 is 0 Å². The molecule has 7 nitrogen and oxygen atoms in total. The number of aryl methyl sites for hydroxylation is 1. The van der Waals surface area contributed by atoms with Gasteiger partial charge in [-0.1, -0.05) is 19.3 Å². The minimum atomic E-state index is -0.647. The highest BCUT2D eigenvalue weighted by Crippen LogP contribution is 2.31. The minimum Gasteiger partial charge on any atom is -0.347 e. The van der Waals surface area contributed by atoms with Crippen LogP contribution in [0.1, 0.15) is 56.2 Å². The van der Waals surface area contributed by atoms with Crippen molar-refractivity contribution < 1.29 is 9.59 Å². The predicted molar refractivity (Wildman–Crippen MR) is 89.1 cm³/mol. The molecule has 2 amide bonds. The van der Waals surface area contributed by atoms with Gasteiger partial charge in [0.25, 0.3) is 5.91 Å². The van der Waals surface area contributed by atoms with Gasteiger partial charge in [-0.05, 0) is 25.7 Å². The zero-order valence-electron chi connectivity index (χ0n) is 14.9. The zero-order chi connectivity index (χ0) is 17.3. The van der Waals surface area contributed by atoms with Crippen molar-refractivity contribution in [3.8, 4) is 0 Å². The van der Waals surface area contributed by atoms with E-state index in [4.69, 9.17) is 0 Å². The first-order valence-corrected chi connectivity index (χ1v) is 8.89. The maximum atomic E-state index is 12.9. The molecule has 0 N–H and O–H groups in total. The van der Waals surface area contributed by atoms with Crippen LogP contribution in [0.2, 0.25) is 0 Å².